The summed E-state index contributed by atoms with van der Waals surface area (Å²) in [5, 5.41) is 8.90. The van der Waals surface area contributed by atoms with Crippen LogP contribution in [-0.2, 0) is 11.3 Å². The van der Waals surface area contributed by atoms with Crippen LogP contribution in [0.5, 0.6) is 11.5 Å². The van der Waals surface area contributed by atoms with E-state index in [4.69, 9.17) is 53.7 Å². The van der Waals surface area contributed by atoms with E-state index in [2.05, 4.69) is 31.2 Å². The molecule has 4 unspecified atom stereocenters. The minimum absolute atomic E-state index is 0.136. The number of methoxy groups -OCH3 is 1. The van der Waals surface area contributed by atoms with Crippen molar-refractivity contribution in [3.05, 3.63) is 64.0 Å². The lowest BCUT2D eigenvalue weighted by molar-refractivity contribution is -0.0817. The summed E-state index contributed by atoms with van der Waals surface area (Å²) in [5.74, 6) is -2.52. The van der Waals surface area contributed by atoms with Gasteiger partial charge in [0.15, 0.2) is 5.78 Å². The molecule has 1 aliphatic heterocycles. The third-order valence-electron chi connectivity index (χ3n) is 9.83. The Kier molecular flexibility index (Phi) is 9.94. The maximum Gasteiger partial charge on any atom is 0.227 e. The van der Waals surface area contributed by atoms with Crippen molar-refractivity contribution in [2.45, 2.75) is 82.8 Å². The molecule has 258 valence electrons. The van der Waals surface area contributed by atoms with Crippen molar-refractivity contribution in [1.29, 1.82) is 0 Å². The monoisotopic (exact) mass is 676 g/mol. The lowest BCUT2D eigenvalue weighted by atomic mass is 9.85. The fraction of sp³-hybridized carbons (Fsp3) is 0.486. The molecule has 2 aliphatic carbocycles. The topological polar surface area (TPSA) is 219 Å². The molecule has 12 nitrogen and oxygen atoms in total. The molecule has 3 heterocycles. The second-order valence-corrected chi connectivity index (χ2v) is 14.2. The van der Waals surface area contributed by atoms with Gasteiger partial charge in [0.05, 0.1) is 30.5 Å². The number of benzene rings is 1. The molecule has 0 spiro atoms. The Morgan fingerprint density at radius 3 is 2.65 bits per heavy atom. The van der Waals surface area contributed by atoms with Gasteiger partial charge in [0.2, 0.25) is 5.97 Å². The SMILES string of the molecule is CCC1C=CC(c2cc3c(cc2OC)OCc2c(C(=O)C(CCC4CCC(OC(N)(N)N)C4)C(N)(N)N)nn(-c4ccsc4)c2-3)=CCC1. The van der Waals surface area contributed by atoms with Crippen LogP contribution in [0.3, 0.4) is 0 Å². The first-order chi connectivity index (χ1) is 22.9. The molecular weight excluding hydrogens is 629 g/mol. The molecule has 13 heteroatoms. The van der Waals surface area contributed by atoms with Gasteiger partial charge in [-0.3, -0.25) is 22.0 Å². The predicted molar refractivity (Wildman–Crippen MR) is 188 cm³/mol. The Morgan fingerprint density at radius 1 is 1.15 bits per heavy atom. The molecule has 48 heavy (non-hydrogen) atoms. The largest absolute Gasteiger partial charge is 0.496 e. The van der Waals surface area contributed by atoms with E-state index in [0.29, 0.717) is 36.5 Å². The average molecular weight is 677 g/mol. The zero-order valence-corrected chi connectivity index (χ0v) is 28.5. The minimum atomic E-state index is -1.77. The van der Waals surface area contributed by atoms with Crippen LogP contribution in [0.1, 0.15) is 79.9 Å². The van der Waals surface area contributed by atoms with Gasteiger partial charge in [0.1, 0.15) is 29.6 Å². The number of fused-ring (bicyclic) bond motifs is 3. The van der Waals surface area contributed by atoms with Crippen molar-refractivity contribution < 1.29 is 19.0 Å². The molecule has 1 saturated carbocycles. The van der Waals surface area contributed by atoms with Crippen molar-refractivity contribution in [3.8, 4) is 28.4 Å². The summed E-state index contributed by atoms with van der Waals surface area (Å²) >= 11 is 1.55. The van der Waals surface area contributed by atoms with Crippen LogP contribution in [0.2, 0.25) is 0 Å². The number of carbonyl (C=O) groups is 1. The fourth-order valence-electron chi connectivity index (χ4n) is 7.30. The van der Waals surface area contributed by atoms with E-state index in [1.165, 1.54) is 0 Å². The molecule has 3 aromatic rings. The summed E-state index contributed by atoms with van der Waals surface area (Å²) in [4.78, 5) is 14.4. The third kappa shape index (κ3) is 7.28. The molecule has 3 aliphatic rings. The highest BCUT2D eigenvalue weighted by Crippen LogP contribution is 2.46. The third-order valence-corrected chi connectivity index (χ3v) is 10.5. The molecule has 0 radical (unpaired) electrons. The highest BCUT2D eigenvalue weighted by Gasteiger charge is 2.40. The minimum Gasteiger partial charge on any atom is -0.496 e. The molecule has 1 fully saturated rings. The Bertz CT molecular complexity index is 1690. The number of ketones is 1. The molecule has 12 N–H and O–H groups in total. The molecule has 0 amide bonds. The van der Waals surface area contributed by atoms with Gasteiger partial charge in [-0.05, 0) is 86.3 Å². The number of hydrogen-bond donors (Lipinski definition) is 6. The summed E-state index contributed by atoms with van der Waals surface area (Å²) in [7, 11) is 1.67. The lowest BCUT2D eigenvalue weighted by Crippen LogP contribution is -2.65. The Morgan fingerprint density at radius 2 is 1.96 bits per heavy atom. The van der Waals surface area contributed by atoms with Crippen molar-refractivity contribution in [2.75, 3.05) is 7.11 Å². The number of hydrogen-bond acceptors (Lipinski definition) is 12. The Balaban J connectivity index is 1.36. The van der Waals surface area contributed by atoms with Crippen LogP contribution in [0.15, 0.2) is 47.2 Å². The maximum absolute atomic E-state index is 14.4. The number of thiophene rings is 1. The second-order valence-electron chi connectivity index (χ2n) is 13.4. The van der Waals surface area contributed by atoms with E-state index >= 15 is 0 Å². The van der Waals surface area contributed by atoms with Crippen LogP contribution in [0, 0.1) is 17.8 Å². The van der Waals surface area contributed by atoms with Crippen molar-refractivity contribution in [2.24, 2.45) is 52.2 Å². The van der Waals surface area contributed by atoms with Gasteiger partial charge in [-0.1, -0.05) is 25.2 Å². The van der Waals surface area contributed by atoms with E-state index in [9.17, 15) is 4.79 Å². The summed E-state index contributed by atoms with van der Waals surface area (Å²) in [5.41, 5.74) is 41.3. The summed E-state index contributed by atoms with van der Waals surface area (Å²) < 4.78 is 19.6. The summed E-state index contributed by atoms with van der Waals surface area (Å²) in [6, 6.07) is 5.98. The van der Waals surface area contributed by atoms with Crippen molar-refractivity contribution in [3.63, 3.8) is 0 Å². The number of Topliss-reactive ketones (excluding diaryl/α,β-unsaturated/α-hetero) is 1. The van der Waals surface area contributed by atoms with Crippen LogP contribution >= 0.6 is 11.3 Å². The van der Waals surface area contributed by atoms with E-state index in [1.54, 1.807) is 18.4 Å². The maximum atomic E-state index is 14.4. The lowest BCUT2D eigenvalue weighted by Gasteiger charge is -2.30. The number of carbonyl (C=O) groups excluding carboxylic acids is 1. The van der Waals surface area contributed by atoms with Crippen LogP contribution in [0.25, 0.3) is 22.5 Å². The van der Waals surface area contributed by atoms with Gasteiger partial charge in [0, 0.05) is 28.1 Å². The van der Waals surface area contributed by atoms with Gasteiger partial charge < -0.3 is 31.4 Å². The first kappa shape index (κ1) is 34.5. The van der Waals surface area contributed by atoms with Gasteiger partial charge in [-0.25, -0.2) is 4.68 Å². The molecule has 0 bridgehead atoms. The second kappa shape index (κ2) is 13.8. The van der Waals surface area contributed by atoms with Gasteiger partial charge in [-0.2, -0.15) is 16.4 Å². The smallest absolute Gasteiger partial charge is 0.227 e. The van der Waals surface area contributed by atoms with E-state index in [1.807, 2.05) is 27.6 Å². The van der Waals surface area contributed by atoms with Crippen LogP contribution < -0.4 is 43.9 Å². The first-order valence-electron chi connectivity index (χ1n) is 16.7. The van der Waals surface area contributed by atoms with E-state index < -0.39 is 17.7 Å². The van der Waals surface area contributed by atoms with E-state index in [-0.39, 0.29) is 30.1 Å². The number of nitrogens with two attached hydrogens (primary N) is 6. The number of allylic oxidation sites excluding steroid dienone is 4. The first-order valence-corrected chi connectivity index (χ1v) is 17.6. The zero-order chi connectivity index (χ0) is 34.2. The molecule has 0 saturated heterocycles. The van der Waals surface area contributed by atoms with E-state index in [0.717, 1.165) is 65.9 Å². The average Bonchev–Trinajstić information content (AvgIpc) is 3.76. The normalized spacial score (nSPS) is 21.6. The highest BCUT2D eigenvalue weighted by molar-refractivity contribution is 7.08. The summed E-state index contributed by atoms with van der Waals surface area (Å²) in [6.07, 6.45) is 13.1. The molecular formula is C35H48N8O4S. The van der Waals surface area contributed by atoms with Crippen molar-refractivity contribution >= 4 is 22.7 Å². The Labute approximate surface area is 285 Å². The Hall–Kier alpha value is -3.40. The summed E-state index contributed by atoms with van der Waals surface area (Å²) in [6.45, 7) is 2.35. The molecule has 1 aromatic carbocycles. The standard InChI is InChI=1S/C35H48N8O4S/c1-3-20-5-4-6-22(10-7-20)25-16-26-30(17-29(25)45-2)46-18-27-31(42-43(32(26)27)23-13-14-48-19-23)33(44)28(34(36,37)38)12-9-21-8-11-24(15-21)47-35(39,40)41/h6-7,10,13-14,16-17,19-21,24,28H,3-5,8-9,11-12,15,18,36-41H2,1-2H3. The van der Waals surface area contributed by atoms with Gasteiger partial charge >= 0.3 is 0 Å². The van der Waals surface area contributed by atoms with Crippen LogP contribution in [-0.4, -0.2) is 40.5 Å². The van der Waals surface area contributed by atoms with Crippen molar-refractivity contribution in [1.82, 2.24) is 9.78 Å². The van der Waals surface area contributed by atoms with Gasteiger partial charge in [0.25, 0.3) is 0 Å². The molecule has 6 rings (SSSR count). The number of rotatable bonds is 12. The highest BCUT2D eigenvalue weighted by atomic mass is 32.1. The quantitative estimate of drug-likeness (QED) is 0.119. The molecule has 4 atom stereocenters. The van der Waals surface area contributed by atoms with Crippen LogP contribution in [0.4, 0.5) is 0 Å². The molecule has 2 aromatic heterocycles. The number of aromatic nitrogens is 2. The zero-order valence-electron chi connectivity index (χ0n) is 27.7. The fourth-order valence-corrected chi connectivity index (χ4v) is 7.91. The number of ether oxygens (including phenoxy) is 3. The van der Waals surface area contributed by atoms with Gasteiger partial charge in [-0.15, -0.1) is 0 Å². The number of nitrogens with zero attached hydrogens (tertiary/aromatic N) is 2. The predicted octanol–water partition coefficient (Wildman–Crippen LogP) is 4.04.